The third-order valence-electron chi connectivity index (χ3n) is 2.44. The molecule has 1 heterocycles. The largest absolute Gasteiger partial charge is 0.497 e. The van der Waals surface area contributed by atoms with Gasteiger partial charge in [0.25, 0.3) is 5.91 Å². The number of nitrogens with zero attached hydrogens (tertiary/aromatic N) is 1. The molecule has 0 aliphatic heterocycles. The Hall–Kier alpha value is -1.95. The van der Waals surface area contributed by atoms with Crippen molar-refractivity contribution in [2.45, 2.75) is 0 Å². The summed E-state index contributed by atoms with van der Waals surface area (Å²) in [5.41, 5.74) is 0.472. The van der Waals surface area contributed by atoms with Crippen LogP contribution in [0.15, 0.2) is 41.1 Å². The SMILES string of the molecule is COc1ccc(C(=O)Nc2ccncc2Br)c(F)c1. The monoisotopic (exact) mass is 324 g/mol. The molecular weight excluding hydrogens is 315 g/mol. The fourth-order valence-electron chi connectivity index (χ4n) is 1.47. The van der Waals surface area contributed by atoms with E-state index in [2.05, 4.69) is 26.2 Å². The van der Waals surface area contributed by atoms with Gasteiger partial charge in [0.2, 0.25) is 0 Å². The summed E-state index contributed by atoms with van der Waals surface area (Å²) in [7, 11) is 1.43. The van der Waals surface area contributed by atoms with Gasteiger partial charge in [-0.25, -0.2) is 4.39 Å². The molecule has 1 aromatic heterocycles. The van der Waals surface area contributed by atoms with Gasteiger partial charge in [-0.3, -0.25) is 9.78 Å². The van der Waals surface area contributed by atoms with Gasteiger partial charge in [0, 0.05) is 18.5 Å². The average molecular weight is 325 g/mol. The number of pyridine rings is 1. The second-order valence-corrected chi connectivity index (χ2v) is 4.51. The molecular formula is C13H10BrFN2O2. The normalized spacial score (nSPS) is 10.1. The molecule has 0 aliphatic carbocycles. The number of hydrogen-bond acceptors (Lipinski definition) is 3. The number of ether oxygens (including phenoxy) is 1. The predicted octanol–water partition coefficient (Wildman–Crippen LogP) is 3.24. The summed E-state index contributed by atoms with van der Waals surface area (Å²) < 4.78 is 19.2. The van der Waals surface area contributed by atoms with Gasteiger partial charge < -0.3 is 10.1 Å². The zero-order valence-corrected chi connectivity index (χ0v) is 11.6. The molecule has 2 rings (SSSR count). The highest BCUT2D eigenvalue weighted by Gasteiger charge is 2.13. The van der Waals surface area contributed by atoms with Crippen molar-refractivity contribution in [3.63, 3.8) is 0 Å². The van der Waals surface area contributed by atoms with Crippen molar-refractivity contribution in [2.75, 3.05) is 12.4 Å². The number of halogens is 2. The van der Waals surface area contributed by atoms with E-state index >= 15 is 0 Å². The first-order valence-electron chi connectivity index (χ1n) is 5.36. The molecule has 4 nitrogen and oxygen atoms in total. The van der Waals surface area contributed by atoms with Crippen LogP contribution in [-0.2, 0) is 0 Å². The Balaban J connectivity index is 2.23. The molecule has 0 saturated heterocycles. The summed E-state index contributed by atoms with van der Waals surface area (Å²) in [5.74, 6) is -0.812. The van der Waals surface area contributed by atoms with Crippen molar-refractivity contribution >= 4 is 27.5 Å². The minimum atomic E-state index is -0.637. The molecule has 0 saturated carbocycles. The fourth-order valence-corrected chi connectivity index (χ4v) is 1.82. The quantitative estimate of drug-likeness (QED) is 0.942. The van der Waals surface area contributed by atoms with E-state index in [1.165, 1.54) is 25.4 Å². The molecule has 19 heavy (non-hydrogen) atoms. The van der Waals surface area contributed by atoms with E-state index in [4.69, 9.17) is 4.74 Å². The summed E-state index contributed by atoms with van der Waals surface area (Å²) >= 11 is 3.25. The lowest BCUT2D eigenvalue weighted by Crippen LogP contribution is -2.14. The van der Waals surface area contributed by atoms with Gasteiger partial charge in [-0.2, -0.15) is 0 Å². The molecule has 0 radical (unpaired) electrons. The number of methoxy groups -OCH3 is 1. The number of aromatic nitrogens is 1. The van der Waals surface area contributed by atoms with Crippen LogP contribution >= 0.6 is 15.9 Å². The van der Waals surface area contributed by atoms with Crippen molar-refractivity contribution in [3.8, 4) is 5.75 Å². The van der Waals surface area contributed by atoms with Gasteiger partial charge in [0.1, 0.15) is 11.6 Å². The lowest BCUT2D eigenvalue weighted by molar-refractivity contribution is 0.102. The van der Waals surface area contributed by atoms with E-state index < -0.39 is 11.7 Å². The fraction of sp³-hybridized carbons (Fsp3) is 0.0769. The van der Waals surface area contributed by atoms with Crippen molar-refractivity contribution < 1.29 is 13.9 Å². The highest BCUT2D eigenvalue weighted by Crippen LogP contribution is 2.22. The Bertz CT molecular complexity index is 619. The molecule has 0 bridgehead atoms. The number of amides is 1. The first kappa shape index (κ1) is 13.5. The summed E-state index contributed by atoms with van der Waals surface area (Å²) in [6, 6.07) is 5.68. The third kappa shape index (κ3) is 3.08. The minimum Gasteiger partial charge on any atom is -0.497 e. The van der Waals surface area contributed by atoms with Gasteiger partial charge in [-0.05, 0) is 34.1 Å². The highest BCUT2D eigenvalue weighted by molar-refractivity contribution is 9.10. The maximum absolute atomic E-state index is 13.7. The molecule has 1 aromatic carbocycles. The van der Waals surface area contributed by atoms with Crippen LogP contribution in [0.1, 0.15) is 10.4 Å². The number of carbonyl (C=O) groups excluding carboxylic acids is 1. The summed E-state index contributed by atoms with van der Waals surface area (Å²) in [5, 5.41) is 2.60. The van der Waals surface area contributed by atoms with Crippen LogP contribution in [0.5, 0.6) is 5.75 Å². The number of anilines is 1. The summed E-state index contributed by atoms with van der Waals surface area (Å²) in [6.07, 6.45) is 3.07. The number of nitrogens with one attached hydrogen (secondary N) is 1. The molecule has 0 aliphatic rings. The number of rotatable bonds is 3. The summed E-state index contributed by atoms with van der Waals surface area (Å²) in [4.78, 5) is 15.8. The Labute approximate surface area is 117 Å². The third-order valence-corrected chi connectivity index (χ3v) is 3.07. The predicted molar refractivity (Wildman–Crippen MR) is 72.8 cm³/mol. The van der Waals surface area contributed by atoms with Crippen LogP contribution in [0, 0.1) is 5.82 Å². The van der Waals surface area contributed by atoms with Gasteiger partial charge in [0.05, 0.1) is 22.8 Å². The van der Waals surface area contributed by atoms with Gasteiger partial charge in [-0.1, -0.05) is 0 Å². The zero-order chi connectivity index (χ0) is 13.8. The van der Waals surface area contributed by atoms with Crippen LogP contribution in [0.4, 0.5) is 10.1 Å². The molecule has 0 atom stereocenters. The Morgan fingerprint density at radius 1 is 1.42 bits per heavy atom. The Morgan fingerprint density at radius 3 is 2.84 bits per heavy atom. The molecule has 98 valence electrons. The Morgan fingerprint density at radius 2 is 2.21 bits per heavy atom. The molecule has 2 aromatic rings. The maximum Gasteiger partial charge on any atom is 0.258 e. The molecule has 1 N–H and O–H groups in total. The smallest absolute Gasteiger partial charge is 0.258 e. The standard InChI is InChI=1S/C13H10BrFN2O2/c1-19-8-2-3-9(11(15)6-8)13(18)17-12-4-5-16-7-10(12)14/h2-7H,1H3,(H,16,17,18). The van der Waals surface area contributed by atoms with E-state index in [0.29, 0.717) is 15.9 Å². The molecule has 6 heteroatoms. The zero-order valence-electron chi connectivity index (χ0n) is 9.98. The second-order valence-electron chi connectivity index (χ2n) is 3.66. The first-order chi connectivity index (χ1) is 9.11. The van der Waals surface area contributed by atoms with Crippen molar-refractivity contribution in [1.29, 1.82) is 0 Å². The van der Waals surface area contributed by atoms with Crippen molar-refractivity contribution in [1.82, 2.24) is 4.98 Å². The first-order valence-corrected chi connectivity index (χ1v) is 6.15. The topological polar surface area (TPSA) is 51.2 Å². The van der Waals surface area contributed by atoms with Crippen LogP contribution < -0.4 is 10.1 Å². The van der Waals surface area contributed by atoms with Gasteiger partial charge >= 0.3 is 0 Å². The average Bonchev–Trinajstić information content (AvgIpc) is 2.41. The molecule has 0 unspecified atom stereocenters. The van der Waals surface area contributed by atoms with Gasteiger partial charge in [0.15, 0.2) is 0 Å². The Kier molecular flexibility index (Phi) is 4.11. The lowest BCUT2D eigenvalue weighted by Gasteiger charge is -2.08. The van der Waals surface area contributed by atoms with E-state index in [-0.39, 0.29) is 5.56 Å². The summed E-state index contributed by atoms with van der Waals surface area (Å²) in [6.45, 7) is 0. The van der Waals surface area contributed by atoms with E-state index in [1.54, 1.807) is 12.3 Å². The van der Waals surface area contributed by atoms with E-state index in [1.807, 2.05) is 0 Å². The second kappa shape index (κ2) is 5.79. The van der Waals surface area contributed by atoms with Crippen LogP contribution in [-0.4, -0.2) is 18.0 Å². The van der Waals surface area contributed by atoms with Gasteiger partial charge in [-0.15, -0.1) is 0 Å². The number of hydrogen-bond donors (Lipinski definition) is 1. The highest BCUT2D eigenvalue weighted by atomic mass is 79.9. The van der Waals surface area contributed by atoms with Crippen LogP contribution in [0.25, 0.3) is 0 Å². The van der Waals surface area contributed by atoms with Crippen molar-refractivity contribution in [3.05, 3.63) is 52.5 Å². The number of carbonyl (C=O) groups is 1. The maximum atomic E-state index is 13.7. The van der Waals surface area contributed by atoms with Crippen molar-refractivity contribution in [2.24, 2.45) is 0 Å². The molecule has 1 amide bonds. The minimum absolute atomic E-state index is 0.0514. The lowest BCUT2D eigenvalue weighted by atomic mass is 10.2. The van der Waals surface area contributed by atoms with Crippen LogP contribution in [0.2, 0.25) is 0 Å². The number of benzene rings is 1. The van der Waals surface area contributed by atoms with Crippen LogP contribution in [0.3, 0.4) is 0 Å². The van der Waals surface area contributed by atoms with E-state index in [9.17, 15) is 9.18 Å². The molecule has 0 spiro atoms. The molecule has 0 fully saturated rings. The van der Waals surface area contributed by atoms with E-state index in [0.717, 1.165) is 6.07 Å².